The summed E-state index contributed by atoms with van der Waals surface area (Å²) in [6.45, 7) is 0. The van der Waals surface area contributed by atoms with Crippen LogP contribution >= 0.6 is 11.8 Å². The van der Waals surface area contributed by atoms with Gasteiger partial charge < -0.3 is 9.72 Å². The van der Waals surface area contributed by atoms with Gasteiger partial charge in [0.1, 0.15) is 11.6 Å². The van der Waals surface area contributed by atoms with Gasteiger partial charge in [-0.15, -0.1) is 13.2 Å². The predicted octanol–water partition coefficient (Wildman–Crippen LogP) is 3.08. The number of H-pyrrole nitrogens is 1. The monoisotopic (exact) mass is 314 g/mol. The fourth-order valence-electron chi connectivity index (χ4n) is 2.01. The number of aromatic amines is 1. The fraction of sp³-hybridized carbons (Fsp3) is 0.231. The van der Waals surface area contributed by atoms with Crippen LogP contribution in [0.1, 0.15) is 11.3 Å². The molecule has 2 heterocycles. The van der Waals surface area contributed by atoms with Crippen LogP contribution in [0, 0.1) is 0 Å². The van der Waals surface area contributed by atoms with Crippen LogP contribution < -0.4 is 10.3 Å². The molecule has 0 saturated carbocycles. The van der Waals surface area contributed by atoms with Crippen LogP contribution in [0.4, 0.5) is 13.2 Å². The summed E-state index contributed by atoms with van der Waals surface area (Å²) in [4.78, 5) is 18.9. The molecule has 0 saturated heterocycles. The number of rotatable bonds is 2. The topological polar surface area (TPSA) is 55.0 Å². The summed E-state index contributed by atoms with van der Waals surface area (Å²) in [5.41, 5.74) is 1.73. The van der Waals surface area contributed by atoms with E-state index in [9.17, 15) is 18.0 Å². The molecule has 1 aromatic heterocycles. The molecule has 1 aromatic carbocycles. The first-order chi connectivity index (χ1) is 9.92. The standard InChI is InChI=1S/C13H9F3N2O2S/c14-13(15,16)20-8-3-1-7(2-4-8)11-17-10-6-21-5-9(10)12(19)18-11/h1-4H,5-6H2,(H,17,18,19). The van der Waals surface area contributed by atoms with Crippen LogP contribution in [-0.2, 0) is 11.5 Å². The van der Waals surface area contributed by atoms with Gasteiger partial charge in [-0.2, -0.15) is 11.8 Å². The van der Waals surface area contributed by atoms with Crippen molar-refractivity contribution in [1.82, 2.24) is 9.97 Å². The Labute approximate surface area is 121 Å². The Morgan fingerprint density at radius 2 is 1.90 bits per heavy atom. The fourth-order valence-corrected chi connectivity index (χ4v) is 3.05. The maximum absolute atomic E-state index is 12.1. The molecule has 8 heteroatoms. The molecule has 0 amide bonds. The highest BCUT2D eigenvalue weighted by atomic mass is 32.2. The van der Waals surface area contributed by atoms with E-state index in [0.717, 1.165) is 5.69 Å². The van der Waals surface area contributed by atoms with Crippen molar-refractivity contribution < 1.29 is 17.9 Å². The van der Waals surface area contributed by atoms with Crippen LogP contribution in [0.15, 0.2) is 29.1 Å². The molecule has 4 nitrogen and oxygen atoms in total. The second-order valence-corrected chi connectivity index (χ2v) is 5.39. The number of fused-ring (bicyclic) bond motifs is 1. The Kier molecular flexibility index (Phi) is 3.40. The number of hydrogen-bond acceptors (Lipinski definition) is 4. The van der Waals surface area contributed by atoms with E-state index in [-0.39, 0.29) is 11.3 Å². The van der Waals surface area contributed by atoms with E-state index < -0.39 is 6.36 Å². The molecule has 1 aliphatic heterocycles. The van der Waals surface area contributed by atoms with E-state index in [4.69, 9.17) is 0 Å². The number of halogens is 3. The van der Waals surface area contributed by atoms with E-state index in [1.165, 1.54) is 24.3 Å². The van der Waals surface area contributed by atoms with Crippen molar-refractivity contribution in [2.24, 2.45) is 0 Å². The van der Waals surface area contributed by atoms with Gasteiger partial charge in [0.25, 0.3) is 5.56 Å². The third-order valence-corrected chi connectivity index (χ3v) is 3.92. The summed E-state index contributed by atoms with van der Waals surface area (Å²) in [5.74, 6) is 1.34. The molecule has 0 unspecified atom stereocenters. The molecule has 0 spiro atoms. The summed E-state index contributed by atoms with van der Waals surface area (Å²) in [7, 11) is 0. The van der Waals surface area contributed by atoms with Crippen LogP contribution in [-0.4, -0.2) is 16.3 Å². The molecular formula is C13H9F3N2O2S. The van der Waals surface area contributed by atoms with E-state index >= 15 is 0 Å². The lowest BCUT2D eigenvalue weighted by atomic mass is 10.2. The molecule has 0 bridgehead atoms. The molecule has 0 atom stereocenters. The molecule has 0 aliphatic carbocycles. The molecule has 110 valence electrons. The van der Waals surface area contributed by atoms with Crippen LogP contribution in [0.5, 0.6) is 5.75 Å². The summed E-state index contributed by atoms with van der Waals surface area (Å²) in [6.07, 6.45) is -4.72. The molecule has 21 heavy (non-hydrogen) atoms. The van der Waals surface area contributed by atoms with Gasteiger partial charge in [0, 0.05) is 22.6 Å². The average molecular weight is 314 g/mol. The zero-order valence-corrected chi connectivity index (χ0v) is 11.3. The third kappa shape index (κ3) is 3.05. The number of aromatic nitrogens is 2. The number of nitrogens with zero attached hydrogens (tertiary/aromatic N) is 1. The van der Waals surface area contributed by atoms with Crippen LogP contribution in [0.2, 0.25) is 0 Å². The summed E-state index contributed by atoms with van der Waals surface area (Å²) >= 11 is 1.60. The van der Waals surface area contributed by atoms with Gasteiger partial charge >= 0.3 is 6.36 Å². The molecule has 0 fully saturated rings. The smallest absolute Gasteiger partial charge is 0.406 e. The first-order valence-electron chi connectivity index (χ1n) is 5.98. The Bertz CT molecular complexity index is 726. The molecule has 3 rings (SSSR count). The Balaban J connectivity index is 1.91. The molecule has 1 aliphatic rings. The van der Waals surface area contributed by atoms with E-state index in [0.29, 0.717) is 28.5 Å². The minimum Gasteiger partial charge on any atom is -0.406 e. The number of hydrogen-bond donors (Lipinski definition) is 1. The Morgan fingerprint density at radius 1 is 1.19 bits per heavy atom. The normalized spacial score (nSPS) is 14.0. The summed E-state index contributed by atoms with van der Waals surface area (Å²) < 4.78 is 40.0. The van der Waals surface area contributed by atoms with Gasteiger partial charge in [0.05, 0.1) is 5.69 Å². The van der Waals surface area contributed by atoms with Gasteiger partial charge in [-0.05, 0) is 24.3 Å². The molecule has 0 radical (unpaired) electrons. The minimum absolute atomic E-state index is 0.199. The van der Waals surface area contributed by atoms with Crippen molar-refractivity contribution in [1.29, 1.82) is 0 Å². The van der Waals surface area contributed by atoms with Crippen LogP contribution in [0.3, 0.4) is 0 Å². The lowest BCUT2D eigenvalue weighted by Gasteiger charge is -2.09. The van der Waals surface area contributed by atoms with Gasteiger partial charge in [0.15, 0.2) is 0 Å². The summed E-state index contributed by atoms with van der Waals surface area (Å²) in [5, 5.41) is 0. The zero-order valence-electron chi connectivity index (χ0n) is 10.5. The predicted molar refractivity (Wildman–Crippen MR) is 72.0 cm³/mol. The zero-order chi connectivity index (χ0) is 15.0. The third-order valence-electron chi connectivity index (χ3n) is 2.95. The lowest BCUT2D eigenvalue weighted by molar-refractivity contribution is -0.274. The van der Waals surface area contributed by atoms with Crippen molar-refractivity contribution in [3.8, 4) is 17.1 Å². The Hall–Kier alpha value is -1.96. The van der Waals surface area contributed by atoms with E-state index in [2.05, 4.69) is 14.7 Å². The Morgan fingerprint density at radius 3 is 2.57 bits per heavy atom. The maximum atomic E-state index is 12.1. The number of benzene rings is 1. The lowest BCUT2D eigenvalue weighted by Crippen LogP contribution is -2.17. The highest BCUT2D eigenvalue weighted by Gasteiger charge is 2.31. The largest absolute Gasteiger partial charge is 0.573 e. The number of ether oxygens (including phenoxy) is 1. The van der Waals surface area contributed by atoms with Gasteiger partial charge in [0.2, 0.25) is 0 Å². The van der Waals surface area contributed by atoms with E-state index in [1.54, 1.807) is 11.8 Å². The quantitative estimate of drug-likeness (QED) is 0.925. The average Bonchev–Trinajstić information content (AvgIpc) is 2.86. The number of alkyl halides is 3. The highest BCUT2D eigenvalue weighted by Crippen LogP contribution is 2.28. The van der Waals surface area contributed by atoms with E-state index in [1.807, 2.05) is 0 Å². The molecular weight excluding hydrogens is 305 g/mol. The second kappa shape index (κ2) is 5.10. The van der Waals surface area contributed by atoms with Crippen LogP contribution in [0.25, 0.3) is 11.4 Å². The second-order valence-electron chi connectivity index (χ2n) is 4.40. The highest BCUT2D eigenvalue weighted by molar-refractivity contribution is 7.98. The number of nitrogens with one attached hydrogen (secondary N) is 1. The minimum atomic E-state index is -4.72. The number of thioether (sulfide) groups is 1. The SMILES string of the molecule is O=c1[nH]c(-c2ccc(OC(F)(F)F)cc2)nc2c1CSC2. The molecule has 2 aromatic rings. The van der Waals surface area contributed by atoms with Crippen molar-refractivity contribution in [3.63, 3.8) is 0 Å². The van der Waals surface area contributed by atoms with Crippen molar-refractivity contribution in [2.75, 3.05) is 0 Å². The van der Waals surface area contributed by atoms with Crippen molar-refractivity contribution in [3.05, 3.63) is 45.9 Å². The van der Waals surface area contributed by atoms with Gasteiger partial charge in [-0.1, -0.05) is 0 Å². The summed E-state index contributed by atoms with van der Waals surface area (Å²) in [6, 6.07) is 5.22. The first-order valence-corrected chi connectivity index (χ1v) is 7.14. The van der Waals surface area contributed by atoms with Crippen molar-refractivity contribution >= 4 is 11.8 Å². The molecule has 1 N–H and O–H groups in total. The maximum Gasteiger partial charge on any atom is 0.573 e. The van der Waals surface area contributed by atoms with Gasteiger partial charge in [-0.3, -0.25) is 4.79 Å². The van der Waals surface area contributed by atoms with Crippen molar-refractivity contribution in [2.45, 2.75) is 17.9 Å². The first kappa shape index (κ1) is 14.0. The van der Waals surface area contributed by atoms with Gasteiger partial charge in [-0.25, -0.2) is 4.98 Å².